The molecule has 4 nitrogen and oxygen atoms in total. The molecule has 0 N–H and O–H groups in total. The lowest BCUT2D eigenvalue weighted by atomic mass is 10.1. The minimum atomic E-state index is -0.303. The van der Waals surface area contributed by atoms with Crippen LogP contribution in [0.25, 0.3) is 0 Å². The number of rotatable bonds is 15. The van der Waals surface area contributed by atoms with Crippen LogP contribution in [0.4, 0.5) is 0 Å². The summed E-state index contributed by atoms with van der Waals surface area (Å²) in [6.45, 7) is 13.8. The highest BCUT2D eigenvalue weighted by Gasteiger charge is 2.14. The molecular formula is C21H40N2O2. The topological polar surface area (TPSA) is 32.8 Å². The second kappa shape index (κ2) is 15.4. The van der Waals surface area contributed by atoms with E-state index >= 15 is 0 Å². The van der Waals surface area contributed by atoms with Crippen LogP contribution in [-0.2, 0) is 9.53 Å². The van der Waals surface area contributed by atoms with Crippen LogP contribution in [0.3, 0.4) is 0 Å². The van der Waals surface area contributed by atoms with Crippen LogP contribution in [0.2, 0.25) is 0 Å². The molecular weight excluding hydrogens is 312 g/mol. The molecule has 0 unspecified atom stereocenters. The minimum absolute atomic E-state index is 0.303. The lowest BCUT2D eigenvalue weighted by molar-refractivity contribution is -0.137. The molecule has 0 bridgehead atoms. The van der Waals surface area contributed by atoms with Gasteiger partial charge < -0.3 is 14.5 Å². The summed E-state index contributed by atoms with van der Waals surface area (Å²) in [5.41, 5.74) is 0. The third kappa shape index (κ3) is 12.2. The first kappa shape index (κ1) is 22.2. The second-order valence-corrected chi connectivity index (χ2v) is 7.24. The zero-order chi connectivity index (χ0) is 18.2. The van der Waals surface area contributed by atoms with Gasteiger partial charge in [-0.1, -0.05) is 58.4 Å². The highest BCUT2D eigenvalue weighted by atomic mass is 16.5. The third-order valence-electron chi connectivity index (χ3n) is 5.03. The van der Waals surface area contributed by atoms with Gasteiger partial charge in [0.15, 0.2) is 0 Å². The Labute approximate surface area is 155 Å². The molecule has 1 fully saturated rings. The number of carbonyl (C=O) groups is 1. The van der Waals surface area contributed by atoms with Crippen LogP contribution >= 0.6 is 0 Å². The van der Waals surface area contributed by atoms with Crippen molar-refractivity contribution in [3.05, 3.63) is 12.7 Å². The molecule has 1 heterocycles. The molecule has 0 saturated carbocycles. The number of carbonyl (C=O) groups excluding carboxylic acids is 1. The summed E-state index contributed by atoms with van der Waals surface area (Å²) in [6.07, 6.45) is 14.1. The Morgan fingerprint density at radius 3 is 1.84 bits per heavy atom. The van der Waals surface area contributed by atoms with E-state index in [-0.39, 0.29) is 5.97 Å². The second-order valence-electron chi connectivity index (χ2n) is 7.24. The van der Waals surface area contributed by atoms with Gasteiger partial charge in [-0.2, -0.15) is 0 Å². The van der Waals surface area contributed by atoms with Crippen molar-refractivity contribution in [2.45, 2.75) is 71.1 Å². The highest BCUT2D eigenvalue weighted by molar-refractivity contribution is 5.81. The van der Waals surface area contributed by atoms with E-state index in [1.807, 2.05) is 0 Å². The average molecular weight is 353 g/mol. The zero-order valence-electron chi connectivity index (χ0n) is 16.5. The van der Waals surface area contributed by atoms with Crippen LogP contribution < -0.4 is 0 Å². The number of hydrogen-bond acceptors (Lipinski definition) is 4. The Hall–Kier alpha value is -0.870. The molecule has 0 aromatic heterocycles. The molecule has 0 aromatic rings. The van der Waals surface area contributed by atoms with Crippen LogP contribution in [0, 0.1) is 0 Å². The van der Waals surface area contributed by atoms with E-state index in [9.17, 15) is 4.79 Å². The van der Waals surface area contributed by atoms with Gasteiger partial charge in [-0.05, 0) is 32.4 Å². The van der Waals surface area contributed by atoms with Gasteiger partial charge in [0, 0.05) is 32.3 Å². The standard InChI is InChI=1S/C21H40N2O2/c1-3-14-22-16-18-23(19-17-22)15-12-10-8-6-5-7-9-11-13-20-25-21(24)4-2/h4H,2-3,5-20H2,1H3. The highest BCUT2D eigenvalue weighted by Crippen LogP contribution is 2.11. The Morgan fingerprint density at radius 1 is 0.840 bits per heavy atom. The summed E-state index contributed by atoms with van der Waals surface area (Å²) < 4.78 is 4.97. The molecule has 0 aliphatic carbocycles. The fourth-order valence-electron chi connectivity index (χ4n) is 3.46. The zero-order valence-corrected chi connectivity index (χ0v) is 16.5. The summed E-state index contributed by atoms with van der Waals surface area (Å²) in [5, 5.41) is 0. The van der Waals surface area contributed by atoms with Crippen LogP contribution in [-0.4, -0.2) is 61.6 Å². The van der Waals surface area contributed by atoms with Gasteiger partial charge in [0.25, 0.3) is 0 Å². The maximum atomic E-state index is 10.9. The predicted octanol–water partition coefficient (Wildman–Crippen LogP) is 4.25. The first-order chi connectivity index (χ1) is 12.3. The fraction of sp³-hybridized carbons (Fsp3) is 0.857. The van der Waals surface area contributed by atoms with Crippen molar-refractivity contribution in [3.63, 3.8) is 0 Å². The monoisotopic (exact) mass is 352 g/mol. The smallest absolute Gasteiger partial charge is 0.330 e. The first-order valence-electron chi connectivity index (χ1n) is 10.5. The molecule has 1 aliphatic rings. The van der Waals surface area contributed by atoms with E-state index < -0.39 is 0 Å². The number of unbranched alkanes of at least 4 members (excludes halogenated alkanes) is 8. The molecule has 1 rings (SSSR count). The van der Waals surface area contributed by atoms with Gasteiger partial charge in [0.05, 0.1) is 6.61 Å². The van der Waals surface area contributed by atoms with Gasteiger partial charge in [0.2, 0.25) is 0 Å². The van der Waals surface area contributed by atoms with E-state index in [1.165, 1.54) is 96.7 Å². The molecule has 1 aliphatic heterocycles. The number of hydrogen-bond donors (Lipinski definition) is 0. The van der Waals surface area contributed by atoms with Crippen molar-refractivity contribution in [2.24, 2.45) is 0 Å². The van der Waals surface area contributed by atoms with Gasteiger partial charge in [-0.3, -0.25) is 0 Å². The minimum Gasteiger partial charge on any atom is -0.463 e. The van der Waals surface area contributed by atoms with Crippen LogP contribution in [0.1, 0.15) is 71.1 Å². The lowest BCUT2D eigenvalue weighted by Gasteiger charge is -2.34. The number of ether oxygens (including phenoxy) is 1. The predicted molar refractivity (Wildman–Crippen MR) is 106 cm³/mol. The van der Waals surface area contributed by atoms with E-state index in [2.05, 4.69) is 23.3 Å². The van der Waals surface area contributed by atoms with Gasteiger partial charge in [-0.15, -0.1) is 0 Å². The van der Waals surface area contributed by atoms with E-state index in [0.29, 0.717) is 6.61 Å². The summed E-state index contributed by atoms with van der Waals surface area (Å²) in [5.74, 6) is -0.303. The van der Waals surface area contributed by atoms with E-state index in [0.717, 1.165) is 12.8 Å². The summed E-state index contributed by atoms with van der Waals surface area (Å²) in [7, 11) is 0. The molecule has 0 spiro atoms. The summed E-state index contributed by atoms with van der Waals surface area (Å²) in [4.78, 5) is 16.1. The Morgan fingerprint density at radius 2 is 1.32 bits per heavy atom. The van der Waals surface area contributed by atoms with Crippen molar-refractivity contribution in [3.8, 4) is 0 Å². The molecule has 0 atom stereocenters. The third-order valence-corrected chi connectivity index (χ3v) is 5.03. The van der Waals surface area contributed by atoms with Gasteiger partial charge in [-0.25, -0.2) is 4.79 Å². The Bertz CT molecular complexity index is 339. The van der Waals surface area contributed by atoms with Crippen molar-refractivity contribution in [1.82, 2.24) is 9.80 Å². The van der Waals surface area contributed by atoms with Crippen molar-refractivity contribution in [1.29, 1.82) is 0 Å². The number of nitrogens with zero attached hydrogens (tertiary/aromatic N) is 2. The molecule has 1 saturated heterocycles. The van der Waals surface area contributed by atoms with E-state index in [4.69, 9.17) is 4.74 Å². The number of esters is 1. The lowest BCUT2D eigenvalue weighted by Crippen LogP contribution is -2.46. The molecule has 0 radical (unpaired) electrons. The van der Waals surface area contributed by atoms with E-state index in [1.54, 1.807) is 0 Å². The molecule has 0 amide bonds. The SMILES string of the molecule is C=CC(=O)OCCCCCCCCCCCN1CCN(CCC)CC1. The Kier molecular flexibility index (Phi) is 13.6. The number of piperazine rings is 1. The maximum absolute atomic E-state index is 10.9. The molecule has 4 heteroatoms. The van der Waals surface area contributed by atoms with Crippen molar-refractivity contribution >= 4 is 5.97 Å². The molecule has 146 valence electrons. The summed E-state index contributed by atoms with van der Waals surface area (Å²) >= 11 is 0. The van der Waals surface area contributed by atoms with Gasteiger partial charge in [0.1, 0.15) is 0 Å². The Balaban J connectivity index is 1.78. The average Bonchev–Trinajstić information content (AvgIpc) is 2.64. The summed E-state index contributed by atoms with van der Waals surface area (Å²) in [6, 6.07) is 0. The van der Waals surface area contributed by atoms with Crippen LogP contribution in [0.15, 0.2) is 12.7 Å². The molecule has 25 heavy (non-hydrogen) atoms. The van der Waals surface area contributed by atoms with Gasteiger partial charge >= 0.3 is 5.97 Å². The largest absolute Gasteiger partial charge is 0.463 e. The molecule has 0 aromatic carbocycles. The van der Waals surface area contributed by atoms with Crippen molar-refractivity contribution in [2.75, 3.05) is 45.9 Å². The quantitative estimate of drug-likeness (QED) is 0.250. The normalized spacial score (nSPS) is 16.0. The fourth-order valence-corrected chi connectivity index (χ4v) is 3.46. The maximum Gasteiger partial charge on any atom is 0.330 e. The van der Waals surface area contributed by atoms with Crippen LogP contribution in [0.5, 0.6) is 0 Å². The first-order valence-corrected chi connectivity index (χ1v) is 10.5. The van der Waals surface area contributed by atoms with Crippen molar-refractivity contribution < 1.29 is 9.53 Å².